The van der Waals surface area contributed by atoms with Crippen LogP contribution < -0.4 is 10.4 Å². The van der Waals surface area contributed by atoms with Crippen molar-refractivity contribution in [1.29, 1.82) is 0 Å². The van der Waals surface area contributed by atoms with Crippen LogP contribution in [0.5, 0.6) is 0 Å². The van der Waals surface area contributed by atoms with Crippen molar-refractivity contribution in [2.75, 3.05) is 5.32 Å². The Morgan fingerprint density at radius 3 is 2.32 bits per heavy atom. The first kappa shape index (κ1) is 15.5. The lowest BCUT2D eigenvalue weighted by molar-refractivity contribution is -0.384. The molecular formula is C14H8ClN2O5-. The molecule has 0 fully saturated rings. The zero-order valence-electron chi connectivity index (χ0n) is 10.9. The summed E-state index contributed by atoms with van der Waals surface area (Å²) in [5, 5.41) is 24.1. The number of carboxylic acids is 1. The van der Waals surface area contributed by atoms with Gasteiger partial charge in [0.2, 0.25) is 0 Å². The minimum Gasteiger partial charge on any atom is -0.545 e. The van der Waals surface area contributed by atoms with Gasteiger partial charge in [0.1, 0.15) is 0 Å². The maximum atomic E-state index is 12.1. The number of halogens is 1. The fourth-order valence-electron chi connectivity index (χ4n) is 1.77. The highest BCUT2D eigenvalue weighted by atomic mass is 35.5. The van der Waals surface area contributed by atoms with Crippen LogP contribution in [-0.2, 0) is 0 Å². The second-order valence-corrected chi connectivity index (χ2v) is 4.62. The molecule has 0 saturated heterocycles. The number of benzene rings is 2. The van der Waals surface area contributed by atoms with Gasteiger partial charge in [-0.1, -0.05) is 29.8 Å². The molecule has 1 N–H and O–H groups in total. The van der Waals surface area contributed by atoms with E-state index in [0.717, 1.165) is 6.07 Å². The van der Waals surface area contributed by atoms with Gasteiger partial charge in [-0.25, -0.2) is 0 Å². The van der Waals surface area contributed by atoms with Crippen LogP contribution in [0.1, 0.15) is 20.7 Å². The minimum absolute atomic E-state index is 0.00835. The second-order valence-electron chi connectivity index (χ2n) is 4.21. The Morgan fingerprint density at radius 1 is 1.09 bits per heavy atom. The van der Waals surface area contributed by atoms with Crippen LogP contribution in [0.4, 0.5) is 11.4 Å². The van der Waals surface area contributed by atoms with Gasteiger partial charge in [-0.3, -0.25) is 14.9 Å². The number of anilines is 1. The molecule has 0 atom stereocenters. The third-order valence-electron chi connectivity index (χ3n) is 2.80. The lowest BCUT2D eigenvalue weighted by Gasteiger charge is -2.11. The van der Waals surface area contributed by atoms with Crippen molar-refractivity contribution in [3.05, 3.63) is 68.7 Å². The summed E-state index contributed by atoms with van der Waals surface area (Å²) in [6.45, 7) is 0. The van der Waals surface area contributed by atoms with Gasteiger partial charge in [0.05, 0.1) is 21.6 Å². The van der Waals surface area contributed by atoms with E-state index in [1.54, 1.807) is 0 Å². The van der Waals surface area contributed by atoms with Gasteiger partial charge in [-0.05, 0) is 12.1 Å². The number of nitro benzene ring substituents is 1. The van der Waals surface area contributed by atoms with Gasteiger partial charge >= 0.3 is 0 Å². The summed E-state index contributed by atoms with van der Waals surface area (Å²) in [7, 11) is 0. The Morgan fingerprint density at radius 2 is 1.73 bits per heavy atom. The number of amides is 1. The third kappa shape index (κ3) is 3.21. The van der Waals surface area contributed by atoms with Gasteiger partial charge in [-0.2, -0.15) is 0 Å². The number of carbonyl (C=O) groups excluding carboxylic acids is 2. The van der Waals surface area contributed by atoms with E-state index in [0.29, 0.717) is 0 Å². The maximum absolute atomic E-state index is 12.1. The predicted octanol–water partition coefficient (Wildman–Crippen LogP) is 1.86. The third-order valence-corrected chi connectivity index (χ3v) is 3.13. The van der Waals surface area contributed by atoms with E-state index in [1.807, 2.05) is 0 Å². The summed E-state index contributed by atoms with van der Waals surface area (Å²) >= 11 is 5.87. The molecule has 0 unspecified atom stereocenters. The number of nitrogens with one attached hydrogen (secondary N) is 1. The normalized spacial score (nSPS) is 10.0. The zero-order chi connectivity index (χ0) is 16.3. The number of non-ortho nitro benzene ring substituents is 1. The maximum Gasteiger partial charge on any atom is 0.271 e. The monoisotopic (exact) mass is 319 g/mol. The molecule has 1 amide bonds. The van der Waals surface area contributed by atoms with Crippen LogP contribution in [0.15, 0.2) is 42.5 Å². The molecule has 0 radical (unpaired) electrons. The summed E-state index contributed by atoms with van der Waals surface area (Å²) in [5.41, 5.74) is -0.673. The highest BCUT2D eigenvalue weighted by Gasteiger charge is 2.15. The van der Waals surface area contributed by atoms with Crippen molar-refractivity contribution < 1.29 is 19.6 Å². The Bertz CT molecular complexity index is 776. The molecule has 0 aliphatic carbocycles. The fraction of sp³-hybridized carbons (Fsp3) is 0. The van der Waals surface area contributed by atoms with E-state index in [9.17, 15) is 24.8 Å². The van der Waals surface area contributed by atoms with E-state index in [4.69, 9.17) is 11.6 Å². The number of hydrogen-bond acceptors (Lipinski definition) is 5. The molecule has 2 aromatic rings. The van der Waals surface area contributed by atoms with Gasteiger partial charge in [0.15, 0.2) is 0 Å². The van der Waals surface area contributed by atoms with Gasteiger partial charge in [0, 0.05) is 23.3 Å². The molecule has 7 nitrogen and oxygen atoms in total. The Balaban J connectivity index is 2.36. The number of carboxylic acid groups (broad SMARTS) is 1. The van der Waals surface area contributed by atoms with Gasteiger partial charge in [0.25, 0.3) is 11.6 Å². The minimum atomic E-state index is -1.50. The standard InChI is InChI=1S/C14H9ClN2O5/c15-11-6-5-8(17(21)22)7-12(11)16-13(18)9-3-1-2-4-10(9)14(19)20/h1-7H,(H,16,18)(H,19,20)/p-1. The van der Waals surface area contributed by atoms with E-state index < -0.39 is 16.8 Å². The quantitative estimate of drug-likeness (QED) is 0.682. The van der Waals surface area contributed by atoms with Crippen LogP contribution in [0, 0.1) is 10.1 Å². The van der Waals surface area contributed by atoms with Crippen molar-refractivity contribution in [1.82, 2.24) is 0 Å². The number of hydrogen-bond donors (Lipinski definition) is 1. The first-order valence-electron chi connectivity index (χ1n) is 5.96. The number of rotatable bonds is 4. The average molecular weight is 320 g/mol. The highest BCUT2D eigenvalue weighted by molar-refractivity contribution is 6.34. The number of carbonyl (C=O) groups is 2. The molecule has 2 aromatic carbocycles. The SMILES string of the molecule is O=C([O-])c1ccccc1C(=O)Nc1cc([N+](=O)[O-])ccc1Cl. The molecule has 0 saturated carbocycles. The van der Waals surface area contributed by atoms with Crippen LogP contribution in [0.2, 0.25) is 5.02 Å². The van der Waals surface area contributed by atoms with Crippen molar-refractivity contribution in [2.45, 2.75) is 0 Å². The molecule has 0 aliphatic rings. The lowest BCUT2D eigenvalue weighted by Crippen LogP contribution is -2.26. The first-order chi connectivity index (χ1) is 10.4. The molecule has 0 bridgehead atoms. The van der Waals surface area contributed by atoms with E-state index in [1.165, 1.54) is 36.4 Å². The predicted molar refractivity (Wildman–Crippen MR) is 76.8 cm³/mol. The number of aromatic carboxylic acids is 1. The topological polar surface area (TPSA) is 112 Å². The van der Waals surface area contributed by atoms with E-state index in [-0.39, 0.29) is 27.5 Å². The van der Waals surface area contributed by atoms with Crippen LogP contribution in [0.25, 0.3) is 0 Å². The van der Waals surface area contributed by atoms with Crippen molar-refractivity contribution in [3.63, 3.8) is 0 Å². The molecule has 0 aliphatic heterocycles. The fourth-order valence-corrected chi connectivity index (χ4v) is 1.94. The molecular weight excluding hydrogens is 312 g/mol. The lowest BCUT2D eigenvalue weighted by atomic mass is 10.1. The molecule has 112 valence electrons. The zero-order valence-corrected chi connectivity index (χ0v) is 11.7. The molecule has 0 heterocycles. The van der Waals surface area contributed by atoms with Crippen molar-refractivity contribution in [3.8, 4) is 0 Å². The van der Waals surface area contributed by atoms with Crippen molar-refractivity contribution >= 4 is 34.9 Å². The number of nitrogens with zero attached hydrogens (tertiary/aromatic N) is 1. The van der Waals surface area contributed by atoms with Gasteiger partial charge in [-0.15, -0.1) is 0 Å². The summed E-state index contributed by atoms with van der Waals surface area (Å²) in [6.07, 6.45) is 0. The number of nitro groups is 1. The molecule has 0 spiro atoms. The Hall–Kier alpha value is -2.93. The molecule has 0 aromatic heterocycles. The molecule has 8 heteroatoms. The second kappa shape index (κ2) is 6.23. The Kier molecular flexibility index (Phi) is 4.38. The van der Waals surface area contributed by atoms with E-state index in [2.05, 4.69) is 5.32 Å². The van der Waals surface area contributed by atoms with Crippen LogP contribution in [-0.4, -0.2) is 16.8 Å². The highest BCUT2D eigenvalue weighted by Crippen LogP contribution is 2.27. The summed E-state index contributed by atoms with van der Waals surface area (Å²) in [5.74, 6) is -2.27. The Labute approximate surface area is 129 Å². The van der Waals surface area contributed by atoms with Crippen LogP contribution in [0.3, 0.4) is 0 Å². The largest absolute Gasteiger partial charge is 0.545 e. The molecule has 22 heavy (non-hydrogen) atoms. The van der Waals surface area contributed by atoms with E-state index >= 15 is 0 Å². The summed E-state index contributed by atoms with van der Waals surface area (Å²) in [4.78, 5) is 33.2. The van der Waals surface area contributed by atoms with Crippen molar-refractivity contribution in [2.24, 2.45) is 0 Å². The first-order valence-corrected chi connectivity index (χ1v) is 6.33. The summed E-state index contributed by atoms with van der Waals surface area (Å²) in [6, 6.07) is 8.98. The van der Waals surface area contributed by atoms with Crippen LogP contribution >= 0.6 is 11.6 Å². The smallest absolute Gasteiger partial charge is 0.271 e. The molecule has 2 rings (SSSR count). The van der Waals surface area contributed by atoms with Gasteiger partial charge < -0.3 is 15.2 Å². The summed E-state index contributed by atoms with van der Waals surface area (Å²) < 4.78 is 0. The average Bonchev–Trinajstić information content (AvgIpc) is 2.49.